The van der Waals surface area contributed by atoms with E-state index >= 15 is 0 Å². The number of hydrazone groups is 1. The van der Waals surface area contributed by atoms with Crippen LogP contribution in [0.3, 0.4) is 0 Å². The molecule has 2 N–H and O–H groups in total. The SMILES string of the molecule is CC(=NNc1cc(Cl)nc(-c2ccccc2)n1)c1ccc(O)cc1. The lowest BCUT2D eigenvalue weighted by Crippen LogP contribution is -2.02. The Bertz CT molecular complexity index is 864. The summed E-state index contributed by atoms with van der Waals surface area (Å²) < 4.78 is 0. The summed E-state index contributed by atoms with van der Waals surface area (Å²) in [6.45, 7) is 1.86. The molecule has 1 heterocycles. The fourth-order valence-corrected chi connectivity index (χ4v) is 2.28. The minimum Gasteiger partial charge on any atom is -0.508 e. The van der Waals surface area contributed by atoms with E-state index in [9.17, 15) is 5.11 Å². The third-order valence-corrected chi connectivity index (χ3v) is 3.54. The number of benzene rings is 2. The molecule has 5 nitrogen and oxygen atoms in total. The molecule has 0 aliphatic heterocycles. The van der Waals surface area contributed by atoms with E-state index in [0.717, 1.165) is 16.8 Å². The molecule has 6 heteroatoms. The second-order valence-electron chi connectivity index (χ2n) is 5.12. The third-order valence-electron chi connectivity index (χ3n) is 3.35. The molecule has 0 aliphatic carbocycles. The van der Waals surface area contributed by atoms with Gasteiger partial charge in [-0.05, 0) is 36.8 Å². The normalized spacial score (nSPS) is 11.3. The summed E-state index contributed by atoms with van der Waals surface area (Å²) in [7, 11) is 0. The standard InChI is InChI=1S/C18H15ClN4O/c1-12(13-7-9-15(24)10-8-13)22-23-17-11-16(19)20-18(21-17)14-5-3-2-4-6-14/h2-11,24H,1H3,(H,20,21,23). The number of nitrogens with zero attached hydrogens (tertiary/aromatic N) is 3. The predicted molar refractivity (Wildman–Crippen MR) is 96.4 cm³/mol. The lowest BCUT2D eigenvalue weighted by molar-refractivity contribution is 0.475. The van der Waals surface area contributed by atoms with Crippen LogP contribution >= 0.6 is 11.6 Å². The van der Waals surface area contributed by atoms with Gasteiger partial charge in [-0.3, -0.25) is 5.43 Å². The third kappa shape index (κ3) is 3.88. The van der Waals surface area contributed by atoms with Crippen molar-refractivity contribution in [1.29, 1.82) is 0 Å². The lowest BCUT2D eigenvalue weighted by Gasteiger charge is -2.06. The summed E-state index contributed by atoms with van der Waals surface area (Å²) in [5.74, 6) is 1.25. The highest BCUT2D eigenvalue weighted by atomic mass is 35.5. The smallest absolute Gasteiger partial charge is 0.163 e. The Morgan fingerprint density at radius 3 is 2.46 bits per heavy atom. The molecule has 120 valence electrons. The number of anilines is 1. The first-order valence-corrected chi connectivity index (χ1v) is 7.69. The van der Waals surface area contributed by atoms with Crippen molar-refractivity contribution in [3.63, 3.8) is 0 Å². The van der Waals surface area contributed by atoms with Gasteiger partial charge in [0.05, 0.1) is 5.71 Å². The van der Waals surface area contributed by atoms with E-state index in [1.807, 2.05) is 37.3 Å². The van der Waals surface area contributed by atoms with Crippen LogP contribution in [0.1, 0.15) is 12.5 Å². The van der Waals surface area contributed by atoms with Gasteiger partial charge in [0.15, 0.2) is 11.6 Å². The molecule has 0 aliphatic rings. The molecule has 0 bridgehead atoms. The first kappa shape index (κ1) is 16.0. The number of hydrogen-bond acceptors (Lipinski definition) is 5. The number of nitrogens with one attached hydrogen (secondary N) is 1. The Balaban J connectivity index is 1.84. The van der Waals surface area contributed by atoms with E-state index < -0.39 is 0 Å². The van der Waals surface area contributed by atoms with Crippen LogP contribution in [0.25, 0.3) is 11.4 Å². The zero-order chi connectivity index (χ0) is 16.9. The van der Waals surface area contributed by atoms with Gasteiger partial charge >= 0.3 is 0 Å². The monoisotopic (exact) mass is 338 g/mol. The fourth-order valence-electron chi connectivity index (χ4n) is 2.10. The van der Waals surface area contributed by atoms with Crippen LogP contribution in [0.4, 0.5) is 5.82 Å². The highest BCUT2D eigenvalue weighted by Crippen LogP contribution is 2.20. The minimum atomic E-state index is 0.217. The lowest BCUT2D eigenvalue weighted by atomic mass is 10.1. The van der Waals surface area contributed by atoms with Gasteiger partial charge < -0.3 is 5.11 Å². The summed E-state index contributed by atoms with van der Waals surface area (Å²) >= 11 is 6.08. The van der Waals surface area contributed by atoms with Crippen molar-refractivity contribution in [2.24, 2.45) is 5.10 Å². The van der Waals surface area contributed by atoms with Gasteiger partial charge in [0.25, 0.3) is 0 Å². The molecular formula is C18H15ClN4O. The molecule has 3 rings (SSSR count). The van der Waals surface area contributed by atoms with E-state index in [0.29, 0.717) is 16.8 Å². The fraction of sp³-hybridized carbons (Fsp3) is 0.0556. The van der Waals surface area contributed by atoms with Crippen molar-refractivity contribution < 1.29 is 5.11 Å². The average molecular weight is 339 g/mol. The van der Waals surface area contributed by atoms with Crippen molar-refractivity contribution in [1.82, 2.24) is 9.97 Å². The molecule has 0 amide bonds. The average Bonchev–Trinajstić information content (AvgIpc) is 2.60. The summed E-state index contributed by atoms with van der Waals surface area (Å²) in [5, 5.41) is 14.0. The summed E-state index contributed by atoms with van der Waals surface area (Å²) in [5.41, 5.74) is 5.42. The van der Waals surface area contributed by atoms with Gasteiger partial charge in [-0.1, -0.05) is 41.9 Å². The van der Waals surface area contributed by atoms with Crippen LogP contribution in [0.5, 0.6) is 5.75 Å². The van der Waals surface area contributed by atoms with Gasteiger partial charge in [0.1, 0.15) is 10.9 Å². The topological polar surface area (TPSA) is 70.4 Å². The maximum Gasteiger partial charge on any atom is 0.163 e. The van der Waals surface area contributed by atoms with E-state index in [1.54, 1.807) is 30.3 Å². The number of phenols is 1. The van der Waals surface area contributed by atoms with Gasteiger partial charge in [0.2, 0.25) is 0 Å². The largest absolute Gasteiger partial charge is 0.508 e. The zero-order valence-corrected chi connectivity index (χ0v) is 13.7. The predicted octanol–water partition coefficient (Wildman–Crippen LogP) is 4.34. The number of hydrogen-bond donors (Lipinski definition) is 2. The summed E-state index contributed by atoms with van der Waals surface area (Å²) in [4.78, 5) is 8.67. The van der Waals surface area contributed by atoms with Crippen LogP contribution in [0, 0.1) is 0 Å². The van der Waals surface area contributed by atoms with Crippen LogP contribution in [0.15, 0.2) is 65.8 Å². The summed E-state index contributed by atoms with van der Waals surface area (Å²) in [6.07, 6.45) is 0. The molecule has 0 saturated heterocycles. The zero-order valence-electron chi connectivity index (χ0n) is 12.9. The number of aromatic hydroxyl groups is 1. The Morgan fingerprint density at radius 2 is 1.75 bits per heavy atom. The van der Waals surface area contributed by atoms with Gasteiger partial charge in [0, 0.05) is 11.6 Å². The van der Waals surface area contributed by atoms with Crippen LogP contribution in [-0.2, 0) is 0 Å². The molecule has 24 heavy (non-hydrogen) atoms. The number of rotatable bonds is 4. The second-order valence-corrected chi connectivity index (χ2v) is 5.51. The molecule has 0 spiro atoms. The molecule has 0 fully saturated rings. The molecule has 2 aromatic carbocycles. The van der Waals surface area contributed by atoms with Gasteiger partial charge in [-0.15, -0.1) is 0 Å². The van der Waals surface area contributed by atoms with Crippen molar-refractivity contribution in [2.45, 2.75) is 6.92 Å². The second kappa shape index (κ2) is 7.10. The number of phenolic OH excluding ortho intramolecular Hbond substituents is 1. The Labute approximate surface area is 144 Å². The highest BCUT2D eigenvalue weighted by molar-refractivity contribution is 6.29. The van der Waals surface area contributed by atoms with E-state index in [-0.39, 0.29) is 5.75 Å². The first-order valence-electron chi connectivity index (χ1n) is 7.31. The first-order chi connectivity index (χ1) is 11.6. The van der Waals surface area contributed by atoms with Crippen molar-refractivity contribution in [3.8, 4) is 17.1 Å². The van der Waals surface area contributed by atoms with Crippen molar-refractivity contribution in [2.75, 3.05) is 5.43 Å². The highest BCUT2D eigenvalue weighted by Gasteiger charge is 2.05. The maximum atomic E-state index is 9.33. The van der Waals surface area contributed by atoms with Crippen LogP contribution < -0.4 is 5.43 Å². The maximum absolute atomic E-state index is 9.33. The van der Waals surface area contributed by atoms with E-state index in [1.165, 1.54) is 0 Å². The molecule has 3 aromatic rings. The minimum absolute atomic E-state index is 0.217. The van der Waals surface area contributed by atoms with Crippen molar-refractivity contribution >= 4 is 23.1 Å². The van der Waals surface area contributed by atoms with E-state index in [2.05, 4.69) is 20.5 Å². The quantitative estimate of drug-likeness (QED) is 0.422. The molecular weight excluding hydrogens is 324 g/mol. The molecule has 0 radical (unpaired) electrons. The Kier molecular flexibility index (Phi) is 4.72. The van der Waals surface area contributed by atoms with E-state index in [4.69, 9.17) is 11.6 Å². The van der Waals surface area contributed by atoms with Crippen LogP contribution in [-0.4, -0.2) is 20.8 Å². The van der Waals surface area contributed by atoms with Gasteiger partial charge in [-0.25, -0.2) is 9.97 Å². The molecule has 0 saturated carbocycles. The number of aromatic nitrogens is 2. The Morgan fingerprint density at radius 1 is 1.04 bits per heavy atom. The van der Waals surface area contributed by atoms with Gasteiger partial charge in [-0.2, -0.15) is 5.10 Å². The van der Waals surface area contributed by atoms with Crippen LogP contribution in [0.2, 0.25) is 5.15 Å². The molecule has 1 aromatic heterocycles. The number of halogens is 1. The summed E-state index contributed by atoms with van der Waals surface area (Å²) in [6, 6.07) is 18.0. The molecule has 0 unspecified atom stereocenters. The van der Waals surface area contributed by atoms with Crippen molar-refractivity contribution in [3.05, 3.63) is 71.4 Å². The molecule has 0 atom stereocenters. The Hall–Kier alpha value is -2.92.